The number of carbonyl (C=O) groups is 1. The molecule has 1 amide bonds. The average molecular weight is 367 g/mol. The van der Waals surface area contributed by atoms with Gasteiger partial charge in [0.2, 0.25) is 0 Å². The van der Waals surface area contributed by atoms with Gasteiger partial charge in [-0.15, -0.1) is 0 Å². The van der Waals surface area contributed by atoms with Crippen LogP contribution in [-0.2, 0) is 11.0 Å². The van der Waals surface area contributed by atoms with Crippen molar-refractivity contribution in [3.05, 3.63) is 59.7 Å². The van der Waals surface area contributed by atoms with Gasteiger partial charge >= 0.3 is 6.18 Å². The Labute approximate surface area is 149 Å². The zero-order valence-electron chi connectivity index (χ0n) is 14.5. The average Bonchev–Trinajstić information content (AvgIpc) is 2.60. The van der Waals surface area contributed by atoms with E-state index in [1.54, 1.807) is 31.2 Å². The zero-order valence-corrected chi connectivity index (χ0v) is 14.5. The maximum atomic E-state index is 12.8. The highest BCUT2D eigenvalue weighted by atomic mass is 19.4. The Balaban J connectivity index is 1.96. The number of nitrogens with one attached hydrogen (secondary N) is 1. The van der Waals surface area contributed by atoms with E-state index >= 15 is 0 Å². The number of benzene rings is 2. The van der Waals surface area contributed by atoms with Crippen molar-refractivity contribution in [1.29, 1.82) is 0 Å². The minimum absolute atomic E-state index is 0.270. The molecule has 1 atom stereocenters. The Morgan fingerprint density at radius 3 is 2.35 bits per heavy atom. The van der Waals surface area contributed by atoms with Crippen molar-refractivity contribution in [2.45, 2.75) is 26.1 Å². The molecule has 0 spiro atoms. The van der Waals surface area contributed by atoms with E-state index in [1.165, 1.54) is 12.1 Å². The van der Waals surface area contributed by atoms with Crippen LogP contribution in [0.25, 0.3) is 0 Å². The largest absolute Gasteiger partial charge is 0.490 e. The minimum atomic E-state index is -4.42. The SMILES string of the molecule is CCOc1ccccc1OCC(=O)N[C@H](C)c1cccc(C(F)(F)F)c1. The molecule has 0 aliphatic heterocycles. The first kappa shape index (κ1) is 19.6. The van der Waals surface area contributed by atoms with E-state index in [0.717, 1.165) is 12.1 Å². The van der Waals surface area contributed by atoms with Crippen molar-refractivity contribution < 1.29 is 27.4 Å². The number of amides is 1. The molecule has 0 heterocycles. The Kier molecular flexibility index (Phi) is 6.49. The molecule has 0 bridgehead atoms. The van der Waals surface area contributed by atoms with E-state index in [2.05, 4.69) is 5.32 Å². The summed E-state index contributed by atoms with van der Waals surface area (Å²) in [5, 5.41) is 2.62. The van der Waals surface area contributed by atoms with Gasteiger partial charge in [0.1, 0.15) is 0 Å². The van der Waals surface area contributed by atoms with Crippen LogP contribution in [0.4, 0.5) is 13.2 Å². The van der Waals surface area contributed by atoms with Gasteiger partial charge in [0.25, 0.3) is 5.91 Å². The number of alkyl halides is 3. The Morgan fingerprint density at radius 2 is 1.73 bits per heavy atom. The van der Waals surface area contributed by atoms with Crippen molar-refractivity contribution >= 4 is 5.91 Å². The third-order valence-electron chi connectivity index (χ3n) is 3.60. The Hall–Kier alpha value is -2.70. The number of para-hydroxylation sites is 2. The van der Waals surface area contributed by atoms with E-state index in [0.29, 0.717) is 23.7 Å². The molecule has 0 aliphatic rings. The fourth-order valence-electron chi connectivity index (χ4n) is 2.34. The number of halogens is 3. The molecule has 0 saturated heterocycles. The van der Waals surface area contributed by atoms with Crippen LogP contribution in [0.3, 0.4) is 0 Å². The van der Waals surface area contributed by atoms with Crippen molar-refractivity contribution in [1.82, 2.24) is 5.32 Å². The second kappa shape index (κ2) is 8.60. The van der Waals surface area contributed by atoms with Gasteiger partial charge < -0.3 is 14.8 Å². The lowest BCUT2D eigenvalue weighted by Crippen LogP contribution is -2.31. The first-order valence-electron chi connectivity index (χ1n) is 8.12. The maximum absolute atomic E-state index is 12.8. The zero-order chi connectivity index (χ0) is 19.2. The fraction of sp³-hybridized carbons (Fsp3) is 0.316. The van der Waals surface area contributed by atoms with Crippen LogP contribution < -0.4 is 14.8 Å². The minimum Gasteiger partial charge on any atom is -0.490 e. The van der Waals surface area contributed by atoms with Gasteiger partial charge in [-0.3, -0.25) is 4.79 Å². The Bertz CT molecular complexity index is 747. The molecule has 4 nitrogen and oxygen atoms in total. The van der Waals surface area contributed by atoms with Crippen LogP contribution >= 0.6 is 0 Å². The summed E-state index contributed by atoms with van der Waals surface area (Å²) in [6.45, 7) is 3.63. The molecule has 2 aromatic carbocycles. The van der Waals surface area contributed by atoms with Crippen LogP contribution in [0.1, 0.15) is 31.0 Å². The van der Waals surface area contributed by atoms with E-state index < -0.39 is 23.7 Å². The Morgan fingerprint density at radius 1 is 1.08 bits per heavy atom. The number of rotatable bonds is 7. The number of carbonyl (C=O) groups excluding carboxylic acids is 1. The van der Waals surface area contributed by atoms with Gasteiger partial charge in [-0.1, -0.05) is 24.3 Å². The van der Waals surface area contributed by atoms with Gasteiger partial charge in [-0.05, 0) is 43.7 Å². The van der Waals surface area contributed by atoms with Crippen molar-refractivity contribution in [2.75, 3.05) is 13.2 Å². The molecule has 1 N–H and O–H groups in total. The first-order valence-corrected chi connectivity index (χ1v) is 8.12. The van der Waals surface area contributed by atoms with Crippen molar-refractivity contribution in [3.8, 4) is 11.5 Å². The second-order valence-corrected chi connectivity index (χ2v) is 5.58. The normalized spacial score (nSPS) is 12.3. The summed E-state index contributed by atoms with van der Waals surface area (Å²) in [5.41, 5.74) is -0.388. The molecular weight excluding hydrogens is 347 g/mol. The van der Waals surface area contributed by atoms with Crippen LogP contribution in [0, 0.1) is 0 Å². The van der Waals surface area contributed by atoms with Gasteiger partial charge in [-0.2, -0.15) is 13.2 Å². The van der Waals surface area contributed by atoms with Crippen LogP contribution in [0.5, 0.6) is 11.5 Å². The molecule has 0 aromatic heterocycles. The first-order chi connectivity index (χ1) is 12.3. The molecule has 2 rings (SSSR count). The number of hydrogen-bond acceptors (Lipinski definition) is 3. The molecule has 26 heavy (non-hydrogen) atoms. The van der Waals surface area contributed by atoms with Crippen molar-refractivity contribution in [3.63, 3.8) is 0 Å². The predicted molar refractivity (Wildman–Crippen MR) is 91.1 cm³/mol. The van der Waals surface area contributed by atoms with Gasteiger partial charge in [0, 0.05) is 0 Å². The van der Waals surface area contributed by atoms with Crippen LogP contribution in [-0.4, -0.2) is 19.1 Å². The molecular formula is C19H20F3NO3. The number of ether oxygens (including phenoxy) is 2. The summed E-state index contributed by atoms with van der Waals surface area (Å²) >= 11 is 0. The molecule has 7 heteroatoms. The van der Waals surface area contributed by atoms with Crippen LogP contribution in [0.15, 0.2) is 48.5 Å². The lowest BCUT2D eigenvalue weighted by atomic mass is 10.0. The summed E-state index contributed by atoms with van der Waals surface area (Å²) in [5.74, 6) is 0.506. The summed E-state index contributed by atoms with van der Waals surface area (Å²) in [6.07, 6.45) is -4.42. The third kappa shape index (κ3) is 5.40. The smallest absolute Gasteiger partial charge is 0.416 e. The monoisotopic (exact) mass is 367 g/mol. The van der Waals surface area contributed by atoms with Crippen molar-refractivity contribution in [2.24, 2.45) is 0 Å². The molecule has 0 aliphatic carbocycles. The topological polar surface area (TPSA) is 47.6 Å². The van der Waals surface area contributed by atoms with Gasteiger partial charge in [0.05, 0.1) is 18.2 Å². The summed E-state index contributed by atoms with van der Waals surface area (Å²) < 4.78 is 49.2. The van der Waals surface area contributed by atoms with Gasteiger partial charge in [-0.25, -0.2) is 0 Å². The highest BCUT2D eigenvalue weighted by Gasteiger charge is 2.30. The molecule has 140 valence electrons. The second-order valence-electron chi connectivity index (χ2n) is 5.58. The molecule has 0 unspecified atom stereocenters. The molecule has 0 radical (unpaired) electrons. The number of hydrogen-bond donors (Lipinski definition) is 1. The summed E-state index contributed by atoms with van der Waals surface area (Å²) in [6, 6.07) is 11.2. The highest BCUT2D eigenvalue weighted by molar-refractivity contribution is 5.78. The van der Waals surface area contributed by atoms with E-state index in [1.807, 2.05) is 6.92 Å². The summed E-state index contributed by atoms with van der Waals surface area (Å²) in [7, 11) is 0. The summed E-state index contributed by atoms with van der Waals surface area (Å²) in [4.78, 5) is 12.1. The molecule has 2 aromatic rings. The standard InChI is InChI=1S/C19H20F3NO3/c1-3-25-16-9-4-5-10-17(16)26-12-18(24)23-13(2)14-7-6-8-15(11-14)19(20,21)22/h4-11,13H,3,12H2,1-2H3,(H,23,24)/t13-/m1/s1. The molecule has 0 fully saturated rings. The van der Waals surface area contributed by atoms with E-state index in [9.17, 15) is 18.0 Å². The van der Waals surface area contributed by atoms with E-state index in [-0.39, 0.29) is 6.61 Å². The lowest BCUT2D eigenvalue weighted by molar-refractivity contribution is -0.137. The van der Waals surface area contributed by atoms with Gasteiger partial charge in [0.15, 0.2) is 18.1 Å². The van der Waals surface area contributed by atoms with Crippen LogP contribution in [0.2, 0.25) is 0 Å². The molecule has 0 saturated carbocycles. The fourth-order valence-corrected chi connectivity index (χ4v) is 2.34. The lowest BCUT2D eigenvalue weighted by Gasteiger charge is -2.17. The quantitative estimate of drug-likeness (QED) is 0.791. The van der Waals surface area contributed by atoms with E-state index in [4.69, 9.17) is 9.47 Å². The predicted octanol–water partition coefficient (Wildman–Crippen LogP) is 4.36. The maximum Gasteiger partial charge on any atom is 0.416 e. The third-order valence-corrected chi connectivity index (χ3v) is 3.60. The highest BCUT2D eigenvalue weighted by Crippen LogP contribution is 2.30.